The summed E-state index contributed by atoms with van der Waals surface area (Å²) in [5, 5.41) is 10.3. The van der Waals surface area contributed by atoms with Crippen LogP contribution in [0.3, 0.4) is 0 Å². The monoisotopic (exact) mass is 364 g/mol. The predicted octanol–water partition coefficient (Wildman–Crippen LogP) is 5.93. The fraction of sp³-hybridized carbons (Fsp3) is 0.304. The van der Waals surface area contributed by atoms with Gasteiger partial charge in [0, 0.05) is 24.9 Å². The molecule has 4 nitrogen and oxygen atoms in total. The van der Waals surface area contributed by atoms with Gasteiger partial charge in [-0.15, -0.1) is 0 Å². The van der Waals surface area contributed by atoms with Crippen molar-refractivity contribution in [2.75, 3.05) is 18.0 Å². The summed E-state index contributed by atoms with van der Waals surface area (Å²) in [6.45, 7) is 6.21. The third-order valence-electron chi connectivity index (χ3n) is 4.44. The van der Waals surface area contributed by atoms with E-state index >= 15 is 0 Å². The number of benzene rings is 1. The molecule has 27 heavy (non-hydrogen) atoms. The fourth-order valence-corrected chi connectivity index (χ4v) is 2.88. The highest BCUT2D eigenvalue weighted by molar-refractivity contribution is 5.58. The van der Waals surface area contributed by atoms with Crippen LogP contribution >= 0.6 is 0 Å². The fourth-order valence-electron chi connectivity index (χ4n) is 2.88. The molecular weight excluding hydrogens is 336 g/mol. The Balaban J connectivity index is 1.88. The van der Waals surface area contributed by atoms with Gasteiger partial charge in [-0.05, 0) is 56.4 Å². The van der Waals surface area contributed by atoms with Crippen molar-refractivity contribution < 1.29 is 4.92 Å². The Morgan fingerprint density at radius 1 is 0.963 bits per heavy atom. The molecule has 1 aromatic rings. The molecule has 1 fully saturated rings. The Hall–Kier alpha value is -2.88. The summed E-state index contributed by atoms with van der Waals surface area (Å²) in [5.41, 5.74) is 4.47. The van der Waals surface area contributed by atoms with Gasteiger partial charge in [-0.2, -0.15) is 0 Å². The highest BCUT2D eigenvalue weighted by Crippen LogP contribution is 2.20. The highest BCUT2D eigenvalue weighted by Gasteiger charge is 2.09. The van der Waals surface area contributed by atoms with Crippen molar-refractivity contribution in [1.82, 2.24) is 0 Å². The minimum Gasteiger partial charge on any atom is -0.372 e. The molecule has 1 aliphatic heterocycles. The van der Waals surface area contributed by atoms with E-state index in [1.807, 2.05) is 38.2 Å². The van der Waals surface area contributed by atoms with E-state index in [2.05, 4.69) is 41.3 Å². The lowest BCUT2D eigenvalue weighted by Crippen LogP contribution is -2.29. The minimum absolute atomic E-state index is 0.463. The first-order valence-electron chi connectivity index (χ1n) is 9.41. The zero-order valence-electron chi connectivity index (χ0n) is 16.2. The smallest absolute Gasteiger partial charge is 0.234 e. The van der Waals surface area contributed by atoms with E-state index in [-0.39, 0.29) is 0 Å². The standard InChI is InChI=1S/C23H28N2O2/c1-20(8-4-5-9-21(2)16-19-25(26)27)10-11-22-12-14-23(15-13-22)24-17-6-3-7-18-24/h4-5,8-16,19H,3,6-7,17-18H2,1-2H3/b5-4+,11-10+,19-16+,20-8+,21-9+. The van der Waals surface area contributed by atoms with Gasteiger partial charge in [0.1, 0.15) is 0 Å². The van der Waals surface area contributed by atoms with Gasteiger partial charge in [0.15, 0.2) is 0 Å². The van der Waals surface area contributed by atoms with Crippen molar-refractivity contribution in [3.05, 3.63) is 93.7 Å². The molecule has 0 amide bonds. The summed E-state index contributed by atoms with van der Waals surface area (Å²) >= 11 is 0. The van der Waals surface area contributed by atoms with Gasteiger partial charge in [0.25, 0.3) is 0 Å². The molecule has 4 heteroatoms. The zero-order chi connectivity index (χ0) is 19.5. The van der Waals surface area contributed by atoms with Gasteiger partial charge < -0.3 is 4.90 Å². The maximum absolute atomic E-state index is 10.3. The van der Waals surface area contributed by atoms with Crippen LogP contribution in [0, 0.1) is 10.1 Å². The van der Waals surface area contributed by atoms with Gasteiger partial charge in [-0.3, -0.25) is 10.1 Å². The molecule has 1 saturated heterocycles. The van der Waals surface area contributed by atoms with Crippen molar-refractivity contribution >= 4 is 11.8 Å². The van der Waals surface area contributed by atoms with E-state index in [9.17, 15) is 10.1 Å². The summed E-state index contributed by atoms with van der Waals surface area (Å²) in [4.78, 5) is 12.3. The highest BCUT2D eigenvalue weighted by atomic mass is 16.6. The minimum atomic E-state index is -0.463. The zero-order valence-corrected chi connectivity index (χ0v) is 16.2. The van der Waals surface area contributed by atoms with Crippen LogP contribution in [0.15, 0.2) is 78.1 Å². The van der Waals surface area contributed by atoms with Crippen molar-refractivity contribution in [3.63, 3.8) is 0 Å². The molecule has 0 aromatic heterocycles. The van der Waals surface area contributed by atoms with Gasteiger partial charge in [0.05, 0.1) is 4.92 Å². The second-order valence-corrected chi connectivity index (χ2v) is 6.78. The number of anilines is 1. The summed E-state index contributed by atoms with van der Waals surface area (Å²) < 4.78 is 0. The maximum atomic E-state index is 10.3. The molecule has 0 atom stereocenters. The molecule has 0 N–H and O–H groups in total. The Morgan fingerprint density at radius 2 is 1.56 bits per heavy atom. The number of nitrogens with zero attached hydrogens (tertiary/aromatic N) is 2. The summed E-state index contributed by atoms with van der Waals surface area (Å²) in [7, 11) is 0. The van der Waals surface area contributed by atoms with Crippen molar-refractivity contribution in [1.29, 1.82) is 0 Å². The number of hydrogen-bond donors (Lipinski definition) is 0. The number of hydrogen-bond acceptors (Lipinski definition) is 3. The van der Waals surface area contributed by atoms with Gasteiger partial charge in [-0.25, -0.2) is 0 Å². The molecule has 0 unspecified atom stereocenters. The molecule has 142 valence electrons. The van der Waals surface area contributed by atoms with E-state index in [1.54, 1.807) is 0 Å². The van der Waals surface area contributed by atoms with Crippen LogP contribution in [0.2, 0.25) is 0 Å². The lowest BCUT2D eigenvalue weighted by Gasteiger charge is -2.28. The Labute approximate surface area is 162 Å². The molecule has 1 aliphatic rings. The maximum Gasteiger partial charge on any atom is 0.234 e. The summed E-state index contributed by atoms with van der Waals surface area (Å²) in [5.74, 6) is 0. The van der Waals surface area contributed by atoms with E-state index in [4.69, 9.17) is 0 Å². The van der Waals surface area contributed by atoms with Crippen molar-refractivity contribution in [2.45, 2.75) is 33.1 Å². The number of nitro groups is 1. The normalized spacial score (nSPS) is 16.7. The van der Waals surface area contributed by atoms with Crippen LogP contribution < -0.4 is 4.90 Å². The van der Waals surface area contributed by atoms with E-state index < -0.39 is 4.92 Å². The van der Waals surface area contributed by atoms with Crippen molar-refractivity contribution in [2.24, 2.45) is 0 Å². The molecule has 0 spiro atoms. The Morgan fingerprint density at radius 3 is 2.15 bits per heavy atom. The van der Waals surface area contributed by atoms with Crippen LogP contribution in [0.25, 0.3) is 6.08 Å². The van der Waals surface area contributed by atoms with Crippen molar-refractivity contribution in [3.8, 4) is 0 Å². The first kappa shape index (κ1) is 20.4. The number of piperidine rings is 1. The van der Waals surface area contributed by atoms with Gasteiger partial charge >= 0.3 is 0 Å². The lowest BCUT2D eigenvalue weighted by atomic mass is 10.1. The van der Waals surface area contributed by atoms with E-state index in [0.29, 0.717) is 0 Å². The average molecular weight is 364 g/mol. The van der Waals surface area contributed by atoms with Crippen LogP contribution in [0.5, 0.6) is 0 Å². The molecule has 0 aliphatic carbocycles. The molecule has 2 rings (SSSR count). The van der Waals surface area contributed by atoms with Crippen LogP contribution in [0.1, 0.15) is 38.7 Å². The van der Waals surface area contributed by atoms with Gasteiger partial charge in [-0.1, -0.05) is 54.2 Å². The summed E-state index contributed by atoms with van der Waals surface area (Å²) in [6, 6.07) is 8.74. The number of rotatable bonds is 7. The molecule has 0 radical (unpaired) electrons. The summed E-state index contributed by atoms with van der Waals surface area (Å²) in [6.07, 6.45) is 18.2. The molecule has 1 aromatic carbocycles. The lowest BCUT2D eigenvalue weighted by molar-refractivity contribution is -0.402. The number of allylic oxidation sites excluding steroid dienone is 8. The van der Waals surface area contributed by atoms with E-state index in [0.717, 1.165) is 17.3 Å². The second kappa shape index (κ2) is 11.0. The van der Waals surface area contributed by atoms with Gasteiger partial charge in [0.2, 0.25) is 6.20 Å². The van der Waals surface area contributed by atoms with Crippen LogP contribution in [-0.4, -0.2) is 18.0 Å². The SMILES string of the molecule is CC(/C=C/c1ccc(N2CCCCC2)cc1)=C\C=C\C=C(C)\C=C\[N+](=O)[O-]. The third-order valence-corrected chi connectivity index (χ3v) is 4.44. The predicted molar refractivity (Wildman–Crippen MR) is 114 cm³/mol. The Bertz CT molecular complexity index is 762. The topological polar surface area (TPSA) is 46.4 Å². The molecular formula is C23H28N2O2. The van der Waals surface area contributed by atoms with Crippen LogP contribution in [0.4, 0.5) is 5.69 Å². The first-order valence-corrected chi connectivity index (χ1v) is 9.41. The first-order chi connectivity index (χ1) is 13.0. The Kier molecular flexibility index (Phi) is 8.30. The average Bonchev–Trinajstić information content (AvgIpc) is 2.69. The molecule has 0 bridgehead atoms. The van der Waals surface area contributed by atoms with Crippen LogP contribution in [-0.2, 0) is 0 Å². The third kappa shape index (κ3) is 7.90. The quantitative estimate of drug-likeness (QED) is 0.342. The largest absolute Gasteiger partial charge is 0.372 e. The molecule has 0 saturated carbocycles. The second-order valence-electron chi connectivity index (χ2n) is 6.78. The molecule has 1 heterocycles. The van der Waals surface area contributed by atoms with E-state index in [1.165, 1.54) is 49.7 Å².